The van der Waals surface area contributed by atoms with E-state index < -0.39 is 0 Å². The number of hydrogen-bond acceptors (Lipinski definition) is 2. The summed E-state index contributed by atoms with van der Waals surface area (Å²) in [5.41, 5.74) is 3.77. The predicted octanol–water partition coefficient (Wildman–Crippen LogP) is 4.42. The van der Waals surface area contributed by atoms with E-state index in [9.17, 15) is 4.79 Å². The number of aryl methyl sites for hydroxylation is 3. The van der Waals surface area contributed by atoms with Crippen molar-refractivity contribution in [1.82, 2.24) is 5.32 Å². The van der Waals surface area contributed by atoms with Crippen molar-refractivity contribution in [2.45, 2.75) is 20.8 Å². The average Bonchev–Trinajstić information content (AvgIpc) is 2.47. The molecule has 0 heterocycles. The van der Waals surface area contributed by atoms with E-state index in [1.807, 2.05) is 57.2 Å². The number of anilines is 1. The van der Waals surface area contributed by atoms with E-state index >= 15 is 0 Å². The molecule has 0 bridgehead atoms. The predicted molar refractivity (Wildman–Crippen MR) is 89.8 cm³/mol. The number of hydrogen-bond donors (Lipinski definition) is 2. The Morgan fingerprint density at radius 2 is 1.68 bits per heavy atom. The third-order valence-corrected chi connectivity index (χ3v) is 3.79. The van der Waals surface area contributed by atoms with Crippen molar-refractivity contribution in [2.75, 3.05) is 12.0 Å². The van der Waals surface area contributed by atoms with Crippen molar-refractivity contribution in [1.29, 1.82) is 0 Å². The number of halogens is 1. The SMILES string of the molecule is Cc1ccc(NC(=O)NCOc2cc(C)c(Cl)c(C)c2)cc1. The number of benzene rings is 2. The fourth-order valence-corrected chi connectivity index (χ4v) is 2.10. The van der Waals surface area contributed by atoms with Crippen LogP contribution in [0.25, 0.3) is 0 Å². The minimum Gasteiger partial charge on any atom is -0.473 e. The van der Waals surface area contributed by atoms with Crippen molar-refractivity contribution >= 4 is 23.3 Å². The molecule has 0 radical (unpaired) electrons. The van der Waals surface area contributed by atoms with Gasteiger partial charge in [0.2, 0.25) is 0 Å². The molecule has 0 aliphatic carbocycles. The zero-order valence-electron chi connectivity index (χ0n) is 12.9. The number of ether oxygens (including phenoxy) is 1. The molecule has 2 aromatic rings. The Kier molecular flexibility index (Phi) is 5.28. The first-order valence-electron chi connectivity index (χ1n) is 6.97. The van der Waals surface area contributed by atoms with Gasteiger partial charge in [0.1, 0.15) is 5.75 Å². The number of carbonyl (C=O) groups excluding carboxylic acids is 1. The van der Waals surface area contributed by atoms with Crippen molar-refractivity contribution in [3.63, 3.8) is 0 Å². The van der Waals surface area contributed by atoms with Crippen LogP contribution >= 0.6 is 11.6 Å². The molecule has 5 heteroatoms. The van der Waals surface area contributed by atoms with E-state index in [0.717, 1.165) is 27.4 Å². The Balaban J connectivity index is 1.83. The maximum Gasteiger partial charge on any atom is 0.321 e. The Bertz CT molecular complexity index is 646. The second kappa shape index (κ2) is 7.18. The third kappa shape index (κ3) is 4.40. The molecule has 0 saturated carbocycles. The van der Waals surface area contributed by atoms with E-state index in [1.165, 1.54) is 0 Å². The summed E-state index contributed by atoms with van der Waals surface area (Å²) in [6.45, 7) is 5.91. The lowest BCUT2D eigenvalue weighted by Crippen LogP contribution is -2.32. The molecule has 0 saturated heterocycles. The second-order valence-corrected chi connectivity index (χ2v) is 5.53. The molecular formula is C17H19ClN2O2. The molecule has 0 aliphatic heterocycles. The van der Waals surface area contributed by atoms with E-state index in [4.69, 9.17) is 16.3 Å². The molecule has 116 valence electrons. The van der Waals surface area contributed by atoms with Gasteiger partial charge in [0.15, 0.2) is 6.73 Å². The number of nitrogens with one attached hydrogen (secondary N) is 2. The van der Waals surface area contributed by atoms with Gasteiger partial charge in [-0.25, -0.2) is 4.79 Å². The van der Waals surface area contributed by atoms with Gasteiger partial charge in [-0.1, -0.05) is 29.3 Å². The first kappa shape index (κ1) is 16.2. The molecule has 0 unspecified atom stereocenters. The molecule has 4 nitrogen and oxygen atoms in total. The number of urea groups is 1. The monoisotopic (exact) mass is 318 g/mol. The van der Waals surface area contributed by atoms with Crippen molar-refractivity contribution in [2.24, 2.45) is 0 Å². The van der Waals surface area contributed by atoms with E-state index in [-0.39, 0.29) is 12.8 Å². The molecule has 0 spiro atoms. The first-order valence-corrected chi connectivity index (χ1v) is 7.34. The lowest BCUT2D eigenvalue weighted by Gasteiger charge is -2.11. The lowest BCUT2D eigenvalue weighted by atomic mass is 10.1. The van der Waals surface area contributed by atoms with Crippen molar-refractivity contribution in [3.8, 4) is 5.75 Å². The van der Waals surface area contributed by atoms with Crippen LogP contribution in [0.1, 0.15) is 16.7 Å². The highest BCUT2D eigenvalue weighted by molar-refractivity contribution is 6.32. The van der Waals surface area contributed by atoms with Gasteiger partial charge in [-0.05, 0) is 56.2 Å². The van der Waals surface area contributed by atoms with Crippen molar-refractivity contribution < 1.29 is 9.53 Å². The molecule has 2 N–H and O–H groups in total. The summed E-state index contributed by atoms with van der Waals surface area (Å²) in [6, 6.07) is 10.9. The van der Waals surface area contributed by atoms with Gasteiger partial charge in [-0.3, -0.25) is 0 Å². The van der Waals surface area contributed by atoms with Gasteiger partial charge < -0.3 is 15.4 Å². The minimum atomic E-state index is -0.314. The Labute approximate surface area is 135 Å². The molecule has 22 heavy (non-hydrogen) atoms. The highest BCUT2D eigenvalue weighted by Gasteiger charge is 2.05. The number of carbonyl (C=O) groups is 1. The summed E-state index contributed by atoms with van der Waals surface area (Å²) in [6.07, 6.45) is 0. The van der Waals surface area contributed by atoms with Gasteiger partial charge in [0.05, 0.1) is 0 Å². The summed E-state index contributed by atoms with van der Waals surface area (Å²) in [5, 5.41) is 6.11. The number of rotatable bonds is 4. The fourth-order valence-electron chi connectivity index (χ4n) is 1.99. The smallest absolute Gasteiger partial charge is 0.321 e. The minimum absolute atomic E-state index is 0.0816. The van der Waals surface area contributed by atoms with Crippen LogP contribution in [-0.2, 0) is 0 Å². The van der Waals surface area contributed by atoms with Crippen LogP contribution in [0.15, 0.2) is 36.4 Å². The Hall–Kier alpha value is -2.20. The lowest BCUT2D eigenvalue weighted by molar-refractivity contribution is 0.234. The third-order valence-electron chi connectivity index (χ3n) is 3.19. The molecule has 2 rings (SSSR count). The highest BCUT2D eigenvalue weighted by atomic mass is 35.5. The molecule has 0 atom stereocenters. The molecular weight excluding hydrogens is 300 g/mol. The molecule has 0 fully saturated rings. The van der Waals surface area contributed by atoms with Crippen LogP contribution in [0.2, 0.25) is 5.02 Å². The quantitative estimate of drug-likeness (QED) is 0.820. The highest BCUT2D eigenvalue weighted by Crippen LogP contribution is 2.25. The summed E-state index contributed by atoms with van der Waals surface area (Å²) in [7, 11) is 0. The average molecular weight is 319 g/mol. The maximum absolute atomic E-state index is 11.8. The van der Waals surface area contributed by atoms with Crippen LogP contribution in [0.5, 0.6) is 5.75 Å². The van der Waals surface area contributed by atoms with E-state index in [2.05, 4.69) is 10.6 Å². The first-order chi connectivity index (χ1) is 10.5. The van der Waals surface area contributed by atoms with E-state index in [1.54, 1.807) is 0 Å². The van der Waals surface area contributed by atoms with Crippen LogP contribution in [-0.4, -0.2) is 12.8 Å². The zero-order valence-corrected chi connectivity index (χ0v) is 13.6. The van der Waals surface area contributed by atoms with Gasteiger partial charge >= 0.3 is 6.03 Å². The van der Waals surface area contributed by atoms with Gasteiger partial charge in [0, 0.05) is 10.7 Å². The summed E-state index contributed by atoms with van der Waals surface area (Å²) < 4.78 is 5.52. The van der Waals surface area contributed by atoms with E-state index in [0.29, 0.717) is 5.75 Å². The zero-order chi connectivity index (χ0) is 16.1. The number of amides is 2. The van der Waals surface area contributed by atoms with Crippen LogP contribution in [0.4, 0.5) is 10.5 Å². The Morgan fingerprint density at radius 1 is 1.09 bits per heavy atom. The van der Waals surface area contributed by atoms with Gasteiger partial charge in [-0.2, -0.15) is 0 Å². The maximum atomic E-state index is 11.8. The molecule has 2 aromatic carbocycles. The largest absolute Gasteiger partial charge is 0.473 e. The van der Waals surface area contributed by atoms with Crippen molar-refractivity contribution in [3.05, 3.63) is 58.1 Å². The van der Waals surface area contributed by atoms with Gasteiger partial charge in [0.25, 0.3) is 0 Å². The normalized spacial score (nSPS) is 10.2. The summed E-state index contributed by atoms with van der Waals surface area (Å²) >= 11 is 6.10. The fraction of sp³-hybridized carbons (Fsp3) is 0.235. The van der Waals surface area contributed by atoms with Crippen LogP contribution in [0, 0.1) is 20.8 Å². The summed E-state index contributed by atoms with van der Waals surface area (Å²) in [4.78, 5) is 11.8. The molecule has 0 aromatic heterocycles. The summed E-state index contributed by atoms with van der Waals surface area (Å²) in [5.74, 6) is 0.676. The standard InChI is InChI=1S/C17H19ClN2O2/c1-11-4-6-14(7-5-11)20-17(21)19-10-22-15-8-12(2)16(18)13(3)9-15/h4-9H,10H2,1-3H3,(H2,19,20,21). The van der Waals surface area contributed by atoms with Gasteiger partial charge in [-0.15, -0.1) is 0 Å². The van der Waals surface area contributed by atoms with Crippen LogP contribution < -0.4 is 15.4 Å². The van der Waals surface area contributed by atoms with Crippen LogP contribution in [0.3, 0.4) is 0 Å². The topological polar surface area (TPSA) is 50.4 Å². The molecule has 0 aliphatic rings. The molecule has 2 amide bonds. The Morgan fingerprint density at radius 3 is 2.27 bits per heavy atom. The second-order valence-electron chi connectivity index (χ2n) is 5.16.